The molecule has 0 fully saturated rings. The fourth-order valence-electron chi connectivity index (χ4n) is 1.59. The average Bonchev–Trinajstić information content (AvgIpc) is 2.37. The van der Waals surface area contributed by atoms with Gasteiger partial charge >= 0.3 is 0 Å². The van der Waals surface area contributed by atoms with E-state index in [-0.39, 0.29) is 17.2 Å². The van der Waals surface area contributed by atoms with Crippen LogP contribution in [0.15, 0.2) is 36.4 Å². The number of benzene rings is 2. The van der Waals surface area contributed by atoms with Gasteiger partial charge in [0.25, 0.3) is 0 Å². The molecule has 0 amide bonds. The van der Waals surface area contributed by atoms with Crippen LogP contribution in [0.1, 0.15) is 11.1 Å². The van der Waals surface area contributed by atoms with Crippen LogP contribution in [0.5, 0.6) is 5.75 Å². The summed E-state index contributed by atoms with van der Waals surface area (Å²) in [7, 11) is 0. The molecular weight excluding hydrogens is 320 g/mol. The van der Waals surface area contributed by atoms with E-state index in [0.717, 1.165) is 5.56 Å². The van der Waals surface area contributed by atoms with E-state index in [9.17, 15) is 4.39 Å². The molecule has 104 valence electrons. The first-order valence-corrected chi connectivity index (χ1v) is 6.80. The van der Waals surface area contributed by atoms with E-state index in [0.29, 0.717) is 15.8 Å². The molecule has 0 aromatic heterocycles. The summed E-state index contributed by atoms with van der Waals surface area (Å²) < 4.78 is 19.1. The molecule has 2 nitrogen and oxygen atoms in total. The van der Waals surface area contributed by atoms with E-state index >= 15 is 0 Å². The SMILES string of the molecule is NC(=S)c1ccc(OCc2ccc(Cl)cc2Cl)cc1F. The molecule has 0 unspecified atom stereocenters. The highest BCUT2D eigenvalue weighted by Gasteiger charge is 2.07. The van der Waals surface area contributed by atoms with Gasteiger partial charge in [-0.3, -0.25) is 0 Å². The van der Waals surface area contributed by atoms with Crippen LogP contribution < -0.4 is 10.5 Å². The number of thiocarbonyl (C=S) groups is 1. The van der Waals surface area contributed by atoms with Gasteiger partial charge in [0.15, 0.2) is 0 Å². The first kappa shape index (κ1) is 15.0. The highest BCUT2D eigenvalue weighted by atomic mass is 35.5. The van der Waals surface area contributed by atoms with Crippen molar-refractivity contribution in [2.75, 3.05) is 0 Å². The highest BCUT2D eigenvalue weighted by molar-refractivity contribution is 7.80. The van der Waals surface area contributed by atoms with Crippen molar-refractivity contribution in [3.63, 3.8) is 0 Å². The molecule has 0 bridgehead atoms. The molecule has 0 aliphatic rings. The normalized spacial score (nSPS) is 10.3. The van der Waals surface area contributed by atoms with Gasteiger partial charge in [0.1, 0.15) is 23.2 Å². The van der Waals surface area contributed by atoms with Crippen LogP contribution in [-0.2, 0) is 6.61 Å². The first-order chi connectivity index (χ1) is 9.47. The van der Waals surface area contributed by atoms with Gasteiger partial charge in [-0.1, -0.05) is 41.5 Å². The Bertz CT molecular complexity index is 664. The van der Waals surface area contributed by atoms with Crippen molar-refractivity contribution in [2.45, 2.75) is 6.61 Å². The number of ether oxygens (including phenoxy) is 1. The number of hydrogen-bond donors (Lipinski definition) is 1. The van der Waals surface area contributed by atoms with Gasteiger partial charge in [-0.15, -0.1) is 0 Å². The summed E-state index contributed by atoms with van der Waals surface area (Å²) >= 11 is 16.6. The van der Waals surface area contributed by atoms with E-state index in [2.05, 4.69) is 0 Å². The maximum absolute atomic E-state index is 13.7. The van der Waals surface area contributed by atoms with Gasteiger partial charge in [-0.2, -0.15) is 0 Å². The summed E-state index contributed by atoms with van der Waals surface area (Å²) in [4.78, 5) is 0.00907. The quantitative estimate of drug-likeness (QED) is 0.847. The van der Waals surface area contributed by atoms with Crippen molar-refractivity contribution in [1.29, 1.82) is 0 Å². The van der Waals surface area contributed by atoms with Gasteiger partial charge in [0.05, 0.1) is 0 Å². The Morgan fingerprint density at radius 1 is 1.20 bits per heavy atom. The molecule has 6 heteroatoms. The van der Waals surface area contributed by atoms with Gasteiger partial charge in [0, 0.05) is 27.2 Å². The molecule has 0 radical (unpaired) electrons. The molecule has 0 saturated heterocycles. The van der Waals surface area contributed by atoms with Crippen LogP contribution in [0, 0.1) is 5.82 Å². The second-order valence-corrected chi connectivity index (χ2v) is 5.31. The fraction of sp³-hybridized carbons (Fsp3) is 0.0714. The second-order valence-electron chi connectivity index (χ2n) is 4.03. The summed E-state index contributed by atoms with van der Waals surface area (Å²) in [5.74, 6) is -0.147. The van der Waals surface area contributed by atoms with Crippen LogP contribution in [0.4, 0.5) is 4.39 Å². The zero-order valence-corrected chi connectivity index (χ0v) is 12.5. The molecule has 0 spiro atoms. The maximum atomic E-state index is 13.7. The molecule has 2 N–H and O–H groups in total. The van der Waals surface area contributed by atoms with E-state index in [1.54, 1.807) is 24.3 Å². The van der Waals surface area contributed by atoms with Crippen molar-refractivity contribution < 1.29 is 9.13 Å². The average molecular weight is 330 g/mol. The van der Waals surface area contributed by atoms with Crippen LogP contribution in [0.3, 0.4) is 0 Å². The molecule has 0 aliphatic heterocycles. The minimum absolute atomic E-state index is 0.00907. The van der Waals surface area contributed by atoms with Crippen LogP contribution in [-0.4, -0.2) is 4.99 Å². The highest BCUT2D eigenvalue weighted by Crippen LogP contribution is 2.23. The van der Waals surface area contributed by atoms with E-state index in [1.807, 2.05) is 0 Å². The van der Waals surface area contributed by atoms with Crippen LogP contribution in [0.25, 0.3) is 0 Å². The Labute approximate surface area is 131 Å². The molecule has 2 aromatic carbocycles. The van der Waals surface area contributed by atoms with Gasteiger partial charge in [-0.05, 0) is 24.3 Å². The Morgan fingerprint density at radius 2 is 1.95 bits per heavy atom. The van der Waals surface area contributed by atoms with Gasteiger partial charge in [0.2, 0.25) is 0 Å². The van der Waals surface area contributed by atoms with Crippen molar-refractivity contribution in [1.82, 2.24) is 0 Å². The largest absolute Gasteiger partial charge is 0.489 e. The Hall–Kier alpha value is -1.36. The van der Waals surface area contributed by atoms with Crippen molar-refractivity contribution in [3.05, 3.63) is 63.4 Å². The third kappa shape index (κ3) is 3.60. The smallest absolute Gasteiger partial charge is 0.137 e. The van der Waals surface area contributed by atoms with Gasteiger partial charge in [-0.25, -0.2) is 4.39 Å². The summed E-state index contributed by atoms with van der Waals surface area (Å²) in [6.45, 7) is 0.210. The number of nitrogens with two attached hydrogens (primary N) is 1. The lowest BCUT2D eigenvalue weighted by atomic mass is 10.2. The Balaban J connectivity index is 2.11. The molecule has 0 aliphatic carbocycles. The topological polar surface area (TPSA) is 35.2 Å². The van der Waals surface area contributed by atoms with Crippen molar-refractivity contribution >= 4 is 40.4 Å². The lowest BCUT2D eigenvalue weighted by Gasteiger charge is -2.09. The van der Waals surface area contributed by atoms with Crippen LogP contribution in [0.2, 0.25) is 10.0 Å². The Kier molecular flexibility index (Phi) is 4.81. The third-order valence-corrected chi connectivity index (χ3v) is 3.42. The lowest BCUT2D eigenvalue weighted by molar-refractivity contribution is 0.304. The van der Waals surface area contributed by atoms with Crippen LogP contribution >= 0.6 is 35.4 Å². The van der Waals surface area contributed by atoms with E-state index < -0.39 is 5.82 Å². The number of rotatable bonds is 4. The standard InChI is InChI=1S/C14H10Cl2FNOS/c15-9-2-1-8(12(16)5-9)7-19-10-3-4-11(14(18)20)13(17)6-10/h1-6H,7H2,(H2,18,20). The minimum atomic E-state index is -0.516. The molecule has 2 aromatic rings. The third-order valence-electron chi connectivity index (χ3n) is 2.62. The van der Waals surface area contributed by atoms with E-state index in [4.69, 9.17) is 45.9 Å². The lowest BCUT2D eigenvalue weighted by Crippen LogP contribution is -2.11. The van der Waals surface area contributed by atoms with Gasteiger partial charge < -0.3 is 10.5 Å². The second kappa shape index (κ2) is 6.39. The minimum Gasteiger partial charge on any atom is -0.489 e. The maximum Gasteiger partial charge on any atom is 0.137 e. The molecule has 2 rings (SSSR count). The number of halogens is 3. The first-order valence-electron chi connectivity index (χ1n) is 5.63. The molecular formula is C14H10Cl2FNOS. The van der Waals surface area contributed by atoms with Crippen molar-refractivity contribution in [3.8, 4) is 5.75 Å². The molecule has 20 heavy (non-hydrogen) atoms. The Morgan fingerprint density at radius 3 is 2.55 bits per heavy atom. The summed E-state index contributed by atoms with van der Waals surface area (Å²) in [6, 6.07) is 9.40. The molecule has 0 atom stereocenters. The monoisotopic (exact) mass is 329 g/mol. The predicted molar refractivity (Wildman–Crippen MR) is 83.1 cm³/mol. The predicted octanol–water partition coefficient (Wildman–Crippen LogP) is 4.35. The fourth-order valence-corrected chi connectivity index (χ4v) is 2.21. The summed E-state index contributed by atoms with van der Waals surface area (Å²) in [5, 5.41) is 1.04. The molecule has 0 saturated carbocycles. The zero-order chi connectivity index (χ0) is 14.7. The summed E-state index contributed by atoms with van der Waals surface area (Å²) in [5.41, 5.74) is 6.34. The summed E-state index contributed by atoms with van der Waals surface area (Å²) in [6.07, 6.45) is 0. The molecule has 0 heterocycles. The number of hydrogen-bond acceptors (Lipinski definition) is 2. The van der Waals surface area contributed by atoms with Crippen molar-refractivity contribution in [2.24, 2.45) is 5.73 Å². The van der Waals surface area contributed by atoms with E-state index in [1.165, 1.54) is 12.1 Å². The zero-order valence-electron chi connectivity index (χ0n) is 10.2.